The Labute approximate surface area is 158 Å². The minimum atomic E-state index is -0.333. The van der Waals surface area contributed by atoms with Crippen molar-refractivity contribution in [3.63, 3.8) is 0 Å². The lowest BCUT2D eigenvalue weighted by Crippen LogP contribution is -2.32. The molecular weight excluding hydrogens is 346 g/mol. The highest BCUT2D eigenvalue weighted by molar-refractivity contribution is 8.01. The molecule has 1 aliphatic heterocycles. The van der Waals surface area contributed by atoms with Crippen LogP contribution in [0.3, 0.4) is 0 Å². The maximum absolute atomic E-state index is 12.2. The summed E-state index contributed by atoms with van der Waals surface area (Å²) in [5.41, 5.74) is 4.60. The second-order valence-corrected chi connectivity index (χ2v) is 7.90. The van der Waals surface area contributed by atoms with E-state index in [-0.39, 0.29) is 29.8 Å². The molecule has 136 valence electrons. The predicted molar refractivity (Wildman–Crippen MR) is 103 cm³/mol. The van der Waals surface area contributed by atoms with Gasteiger partial charge in [-0.2, -0.15) is 0 Å². The van der Waals surface area contributed by atoms with Crippen LogP contribution >= 0.6 is 11.8 Å². The molecule has 0 spiro atoms. The fourth-order valence-electron chi connectivity index (χ4n) is 2.94. The fraction of sp³-hybridized carbons (Fsp3) is 0.333. The van der Waals surface area contributed by atoms with E-state index in [1.54, 1.807) is 0 Å². The van der Waals surface area contributed by atoms with Crippen molar-refractivity contribution < 1.29 is 14.3 Å². The van der Waals surface area contributed by atoms with Gasteiger partial charge in [-0.3, -0.25) is 9.59 Å². The van der Waals surface area contributed by atoms with Gasteiger partial charge in [0.1, 0.15) is 5.25 Å². The normalized spacial score (nSPS) is 16.7. The van der Waals surface area contributed by atoms with Crippen molar-refractivity contribution in [1.29, 1.82) is 0 Å². The summed E-state index contributed by atoms with van der Waals surface area (Å²) in [7, 11) is 0. The lowest BCUT2D eigenvalue weighted by atomic mass is 10.0. The summed E-state index contributed by atoms with van der Waals surface area (Å²) in [6.07, 6.45) is 0.653. The summed E-state index contributed by atoms with van der Waals surface area (Å²) < 4.78 is 5.23. The molecular formula is C21H23NO3S. The Morgan fingerprint density at radius 2 is 1.96 bits per heavy atom. The van der Waals surface area contributed by atoms with Crippen LogP contribution in [0.2, 0.25) is 0 Å². The number of carbonyl (C=O) groups is 2. The van der Waals surface area contributed by atoms with Crippen molar-refractivity contribution in [1.82, 2.24) is 5.32 Å². The van der Waals surface area contributed by atoms with Crippen LogP contribution in [0.5, 0.6) is 0 Å². The largest absolute Gasteiger partial charge is 0.455 e. The molecule has 0 radical (unpaired) electrons. The molecule has 5 heteroatoms. The zero-order chi connectivity index (χ0) is 18.7. The first-order valence-electron chi connectivity index (χ1n) is 8.71. The topological polar surface area (TPSA) is 55.4 Å². The van der Waals surface area contributed by atoms with E-state index in [0.29, 0.717) is 6.42 Å². The van der Waals surface area contributed by atoms with Crippen molar-refractivity contribution in [2.75, 3.05) is 6.61 Å². The zero-order valence-corrected chi connectivity index (χ0v) is 16.1. The molecule has 2 atom stereocenters. The van der Waals surface area contributed by atoms with Gasteiger partial charge in [0, 0.05) is 4.90 Å². The van der Waals surface area contributed by atoms with Crippen LogP contribution in [0.15, 0.2) is 47.4 Å². The van der Waals surface area contributed by atoms with Crippen molar-refractivity contribution in [3.8, 4) is 0 Å². The van der Waals surface area contributed by atoms with Gasteiger partial charge in [-0.25, -0.2) is 0 Å². The van der Waals surface area contributed by atoms with E-state index < -0.39 is 0 Å². The minimum Gasteiger partial charge on any atom is -0.455 e. The van der Waals surface area contributed by atoms with E-state index >= 15 is 0 Å². The molecule has 0 saturated heterocycles. The summed E-state index contributed by atoms with van der Waals surface area (Å²) in [4.78, 5) is 25.5. The summed E-state index contributed by atoms with van der Waals surface area (Å²) in [6.45, 7) is 5.78. The lowest BCUT2D eigenvalue weighted by Gasteiger charge is -2.16. The number of hydrogen-bond donors (Lipinski definition) is 1. The van der Waals surface area contributed by atoms with Crippen LogP contribution in [0.1, 0.15) is 35.2 Å². The maximum atomic E-state index is 12.2. The van der Waals surface area contributed by atoms with Gasteiger partial charge in [-0.1, -0.05) is 36.4 Å². The third kappa shape index (κ3) is 4.28. The van der Waals surface area contributed by atoms with Gasteiger partial charge in [0.05, 0.1) is 6.04 Å². The number of fused-ring (bicyclic) bond motifs is 1. The highest BCUT2D eigenvalue weighted by Crippen LogP contribution is 2.37. The van der Waals surface area contributed by atoms with Gasteiger partial charge >= 0.3 is 5.97 Å². The van der Waals surface area contributed by atoms with Gasteiger partial charge in [0.25, 0.3) is 5.91 Å². The van der Waals surface area contributed by atoms with Gasteiger partial charge in [0.2, 0.25) is 0 Å². The van der Waals surface area contributed by atoms with Crippen LogP contribution in [-0.2, 0) is 20.7 Å². The number of ether oxygens (including phenoxy) is 1. The predicted octanol–water partition coefficient (Wildman–Crippen LogP) is 3.74. The first kappa shape index (κ1) is 18.5. The van der Waals surface area contributed by atoms with E-state index in [4.69, 9.17) is 4.74 Å². The summed E-state index contributed by atoms with van der Waals surface area (Å²) in [5, 5.41) is 2.62. The van der Waals surface area contributed by atoms with Crippen molar-refractivity contribution >= 4 is 23.6 Å². The zero-order valence-electron chi connectivity index (χ0n) is 15.2. The van der Waals surface area contributed by atoms with E-state index in [1.807, 2.05) is 50.2 Å². The number of thioether (sulfide) groups is 1. The number of rotatable bonds is 5. The molecule has 1 amide bonds. The first-order chi connectivity index (χ1) is 12.4. The molecule has 0 aromatic heterocycles. The Bertz CT molecular complexity index is 809. The van der Waals surface area contributed by atoms with Gasteiger partial charge in [0.15, 0.2) is 6.61 Å². The Morgan fingerprint density at radius 1 is 1.19 bits per heavy atom. The highest BCUT2D eigenvalue weighted by Gasteiger charge is 2.29. The van der Waals surface area contributed by atoms with E-state index in [2.05, 4.69) is 18.3 Å². The molecule has 2 aromatic carbocycles. The number of amides is 1. The summed E-state index contributed by atoms with van der Waals surface area (Å²) >= 11 is 1.50. The van der Waals surface area contributed by atoms with Crippen LogP contribution in [0.4, 0.5) is 0 Å². The molecule has 0 saturated carbocycles. The second kappa shape index (κ2) is 7.96. The Kier molecular flexibility index (Phi) is 5.67. The van der Waals surface area contributed by atoms with E-state index in [9.17, 15) is 9.59 Å². The van der Waals surface area contributed by atoms with Gasteiger partial charge in [-0.05, 0) is 55.5 Å². The van der Waals surface area contributed by atoms with Crippen molar-refractivity contribution in [2.24, 2.45) is 0 Å². The summed E-state index contributed by atoms with van der Waals surface area (Å²) in [6, 6.07) is 13.9. The number of carbonyl (C=O) groups excluding carboxylic acids is 2. The Hall–Kier alpha value is -2.27. The number of nitrogens with one attached hydrogen (secondary N) is 1. The third-order valence-corrected chi connectivity index (χ3v) is 5.96. The van der Waals surface area contributed by atoms with Crippen LogP contribution < -0.4 is 5.32 Å². The molecule has 1 N–H and O–H groups in total. The van der Waals surface area contributed by atoms with Crippen molar-refractivity contribution in [2.45, 2.75) is 43.4 Å². The molecule has 3 rings (SSSR count). The smallest absolute Gasteiger partial charge is 0.320 e. The summed E-state index contributed by atoms with van der Waals surface area (Å²) in [5.74, 6) is -0.621. The Morgan fingerprint density at radius 3 is 2.69 bits per heavy atom. The standard InChI is InChI=1S/C21H23NO3S/c1-13-8-9-16(10-14(13)2)15(3)22-20(23)12-25-21(24)19-11-17-6-4-5-7-18(17)26-19/h4-10,15,19H,11-12H2,1-3H3,(H,22,23). The SMILES string of the molecule is Cc1ccc(C(C)NC(=O)COC(=O)C2Cc3ccccc3S2)cc1C. The first-order valence-corrected chi connectivity index (χ1v) is 9.59. The molecule has 1 heterocycles. The molecule has 0 bridgehead atoms. The molecule has 1 aliphatic rings. The fourth-order valence-corrected chi connectivity index (χ4v) is 4.14. The molecule has 26 heavy (non-hydrogen) atoms. The highest BCUT2D eigenvalue weighted by atomic mass is 32.2. The number of aryl methyl sites for hydroxylation is 2. The van der Waals surface area contributed by atoms with Gasteiger partial charge < -0.3 is 10.1 Å². The minimum absolute atomic E-state index is 0.134. The lowest BCUT2D eigenvalue weighted by molar-refractivity contribution is -0.148. The molecule has 2 unspecified atom stereocenters. The molecule has 0 aliphatic carbocycles. The van der Waals surface area contributed by atoms with Crippen LogP contribution in [0, 0.1) is 13.8 Å². The quantitative estimate of drug-likeness (QED) is 0.816. The van der Waals surface area contributed by atoms with E-state index in [1.165, 1.54) is 22.9 Å². The van der Waals surface area contributed by atoms with Crippen molar-refractivity contribution in [3.05, 3.63) is 64.7 Å². The van der Waals surface area contributed by atoms with Crippen LogP contribution in [-0.4, -0.2) is 23.7 Å². The Balaban J connectivity index is 1.48. The molecule has 2 aromatic rings. The molecule has 0 fully saturated rings. The molecule has 4 nitrogen and oxygen atoms in total. The number of benzene rings is 2. The number of esters is 1. The number of hydrogen-bond acceptors (Lipinski definition) is 4. The second-order valence-electron chi connectivity index (χ2n) is 6.66. The monoisotopic (exact) mass is 369 g/mol. The third-order valence-electron chi connectivity index (χ3n) is 4.66. The average molecular weight is 369 g/mol. The maximum Gasteiger partial charge on any atom is 0.320 e. The van der Waals surface area contributed by atoms with Crippen LogP contribution in [0.25, 0.3) is 0 Å². The van der Waals surface area contributed by atoms with Gasteiger partial charge in [-0.15, -0.1) is 11.8 Å². The van der Waals surface area contributed by atoms with E-state index in [0.717, 1.165) is 16.0 Å². The average Bonchev–Trinajstić information content (AvgIpc) is 3.06.